The maximum absolute atomic E-state index is 10.9. The summed E-state index contributed by atoms with van der Waals surface area (Å²) in [4.78, 5) is 0. The van der Waals surface area contributed by atoms with Gasteiger partial charge in [0.2, 0.25) is 0 Å². The van der Waals surface area contributed by atoms with Crippen LogP contribution in [0.4, 0.5) is 0 Å². The van der Waals surface area contributed by atoms with Crippen molar-refractivity contribution in [1.29, 1.82) is 0 Å². The molecular formula is C14H23NO3. The second-order valence-corrected chi connectivity index (χ2v) is 4.68. The molecule has 0 aliphatic carbocycles. The van der Waals surface area contributed by atoms with Crippen LogP contribution in [0.25, 0.3) is 0 Å². The van der Waals surface area contributed by atoms with E-state index in [1.54, 1.807) is 14.2 Å². The van der Waals surface area contributed by atoms with Gasteiger partial charge in [-0.25, -0.2) is 0 Å². The van der Waals surface area contributed by atoms with E-state index in [4.69, 9.17) is 9.47 Å². The Kier molecular flexibility index (Phi) is 4.99. The zero-order chi connectivity index (χ0) is 13.8. The molecule has 0 saturated carbocycles. The summed E-state index contributed by atoms with van der Waals surface area (Å²) < 4.78 is 10.6. The van der Waals surface area contributed by atoms with Crippen molar-refractivity contribution in [2.45, 2.75) is 19.4 Å². The minimum absolute atomic E-state index is 0.0472. The third-order valence-electron chi connectivity index (χ3n) is 3.27. The van der Waals surface area contributed by atoms with Gasteiger partial charge in [-0.05, 0) is 31.2 Å². The summed E-state index contributed by atoms with van der Waals surface area (Å²) in [6, 6.07) is 5.47. The van der Waals surface area contributed by atoms with Crippen molar-refractivity contribution in [3.63, 3.8) is 0 Å². The van der Waals surface area contributed by atoms with Gasteiger partial charge < -0.3 is 19.9 Å². The predicted molar refractivity (Wildman–Crippen MR) is 72.2 cm³/mol. The van der Waals surface area contributed by atoms with Crippen molar-refractivity contribution in [2.75, 3.05) is 27.8 Å². The maximum Gasteiger partial charge on any atom is 0.125 e. The first kappa shape index (κ1) is 14.8. The zero-order valence-electron chi connectivity index (χ0n) is 11.8. The van der Waals surface area contributed by atoms with Gasteiger partial charge >= 0.3 is 0 Å². The summed E-state index contributed by atoms with van der Waals surface area (Å²) in [5.41, 5.74) is -0.247. The normalized spacial score (nSPS) is 14.4. The minimum atomic E-state index is -0.991. The highest BCUT2D eigenvalue weighted by Gasteiger charge is 2.35. The second kappa shape index (κ2) is 6.07. The van der Waals surface area contributed by atoms with Crippen LogP contribution in [-0.2, 0) is 5.60 Å². The lowest BCUT2D eigenvalue weighted by atomic mass is 9.82. The van der Waals surface area contributed by atoms with E-state index in [0.717, 1.165) is 5.56 Å². The number of likely N-dealkylation sites (N-methyl/N-ethyl adjacent to an activating group) is 1. The highest BCUT2D eigenvalue weighted by atomic mass is 16.5. The molecule has 4 nitrogen and oxygen atoms in total. The lowest BCUT2D eigenvalue weighted by Crippen LogP contribution is -2.41. The summed E-state index contributed by atoms with van der Waals surface area (Å²) in [5.74, 6) is 1.43. The standard InChI is InChI=1S/C14H23NO3/c1-10(2)14(16,9-15-3)12-8-11(17-4)6-7-13(12)18-5/h6-8,10,15-16H,9H2,1-5H3. The van der Waals surface area contributed by atoms with Crippen molar-refractivity contribution in [1.82, 2.24) is 5.32 Å². The Hall–Kier alpha value is -1.26. The molecule has 0 bridgehead atoms. The monoisotopic (exact) mass is 253 g/mol. The molecule has 2 N–H and O–H groups in total. The van der Waals surface area contributed by atoms with Gasteiger partial charge in [-0.15, -0.1) is 0 Å². The summed E-state index contributed by atoms with van der Waals surface area (Å²) in [7, 11) is 5.03. The molecule has 4 heteroatoms. The lowest BCUT2D eigenvalue weighted by molar-refractivity contribution is -0.00965. The van der Waals surface area contributed by atoms with E-state index in [-0.39, 0.29) is 5.92 Å². The quantitative estimate of drug-likeness (QED) is 0.811. The van der Waals surface area contributed by atoms with Crippen LogP contribution in [0.1, 0.15) is 19.4 Å². The number of ether oxygens (including phenoxy) is 2. The molecule has 18 heavy (non-hydrogen) atoms. The predicted octanol–water partition coefficient (Wildman–Crippen LogP) is 1.77. The van der Waals surface area contributed by atoms with Gasteiger partial charge in [0.1, 0.15) is 17.1 Å². The van der Waals surface area contributed by atoms with Crippen LogP contribution in [0.5, 0.6) is 11.5 Å². The van der Waals surface area contributed by atoms with Crippen LogP contribution in [-0.4, -0.2) is 32.9 Å². The summed E-state index contributed by atoms with van der Waals surface area (Å²) in [6.45, 7) is 4.42. The van der Waals surface area contributed by atoms with E-state index in [2.05, 4.69) is 5.32 Å². The van der Waals surface area contributed by atoms with Gasteiger partial charge in [0.05, 0.1) is 14.2 Å². The fourth-order valence-corrected chi connectivity index (χ4v) is 2.03. The Labute approximate surface area is 109 Å². The van der Waals surface area contributed by atoms with E-state index in [0.29, 0.717) is 18.0 Å². The van der Waals surface area contributed by atoms with E-state index in [1.807, 2.05) is 39.1 Å². The average molecular weight is 253 g/mol. The van der Waals surface area contributed by atoms with E-state index < -0.39 is 5.60 Å². The highest BCUT2D eigenvalue weighted by Crippen LogP contribution is 2.37. The van der Waals surface area contributed by atoms with Crippen LogP contribution in [0.3, 0.4) is 0 Å². The molecule has 0 radical (unpaired) electrons. The SMILES string of the molecule is CNCC(O)(c1cc(OC)ccc1OC)C(C)C. The Morgan fingerprint density at radius 1 is 1.28 bits per heavy atom. The first-order chi connectivity index (χ1) is 8.49. The van der Waals surface area contributed by atoms with Crippen LogP contribution in [0.2, 0.25) is 0 Å². The van der Waals surface area contributed by atoms with Crippen LogP contribution < -0.4 is 14.8 Å². The molecule has 102 valence electrons. The second-order valence-electron chi connectivity index (χ2n) is 4.68. The van der Waals surface area contributed by atoms with Crippen molar-refractivity contribution in [3.8, 4) is 11.5 Å². The molecule has 0 heterocycles. The number of benzene rings is 1. The molecule has 0 aliphatic rings. The fourth-order valence-electron chi connectivity index (χ4n) is 2.03. The Bertz CT molecular complexity index is 393. The lowest BCUT2D eigenvalue weighted by Gasteiger charge is -2.34. The molecule has 0 saturated heterocycles. The van der Waals surface area contributed by atoms with Crippen molar-refractivity contribution in [3.05, 3.63) is 23.8 Å². The summed E-state index contributed by atoms with van der Waals surface area (Å²) >= 11 is 0. The molecule has 1 atom stereocenters. The van der Waals surface area contributed by atoms with Gasteiger partial charge in [0, 0.05) is 12.1 Å². The van der Waals surface area contributed by atoms with Crippen molar-refractivity contribution in [2.24, 2.45) is 5.92 Å². The Morgan fingerprint density at radius 3 is 2.39 bits per heavy atom. The van der Waals surface area contributed by atoms with Gasteiger partial charge in [0.25, 0.3) is 0 Å². The average Bonchev–Trinajstić information content (AvgIpc) is 2.37. The van der Waals surface area contributed by atoms with Crippen LogP contribution in [0, 0.1) is 5.92 Å². The molecule has 1 aromatic rings. The molecule has 0 aliphatic heterocycles. The Morgan fingerprint density at radius 2 is 1.94 bits per heavy atom. The largest absolute Gasteiger partial charge is 0.497 e. The summed E-state index contributed by atoms with van der Waals surface area (Å²) in [6.07, 6.45) is 0. The number of methoxy groups -OCH3 is 2. The number of aliphatic hydroxyl groups is 1. The van der Waals surface area contributed by atoms with Crippen molar-refractivity contribution < 1.29 is 14.6 Å². The maximum atomic E-state index is 10.9. The smallest absolute Gasteiger partial charge is 0.125 e. The number of hydrogen-bond donors (Lipinski definition) is 2. The van der Waals surface area contributed by atoms with E-state index >= 15 is 0 Å². The molecule has 0 amide bonds. The molecule has 1 aromatic carbocycles. The zero-order valence-corrected chi connectivity index (χ0v) is 11.8. The van der Waals surface area contributed by atoms with Crippen LogP contribution in [0.15, 0.2) is 18.2 Å². The van der Waals surface area contributed by atoms with Gasteiger partial charge in [0.15, 0.2) is 0 Å². The van der Waals surface area contributed by atoms with Gasteiger partial charge in [-0.3, -0.25) is 0 Å². The highest BCUT2D eigenvalue weighted by molar-refractivity contribution is 5.44. The third-order valence-corrected chi connectivity index (χ3v) is 3.27. The van der Waals surface area contributed by atoms with E-state index in [9.17, 15) is 5.11 Å². The number of hydrogen-bond acceptors (Lipinski definition) is 4. The molecule has 1 rings (SSSR count). The molecule has 0 fully saturated rings. The van der Waals surface area contributed by atoms with Crippen molar-refractivity contribution >= 4 is 0 Å². The summed E-state index contributed by atoms with van der Waals surface area (Å²) in [5, 5.41) is 13.9. The fraction of sp³-hybridized carbons (Fsp3) is 0.571. The first-order valence-electron chi connectivity index (χ1n) is 6.09. The van der Waals surface area contributed by atoms with Crippen LogP contribution >= 0.6 is 0 Å². The number of rotatable bonds is 6. The first-order valence-corrected chi connectivity index (χ1v) is 6.09. The molecule has 1 unspecified atom stereocenters. The Balaban J connectivity index is 3.33. The third kappa shape index (κ3) is 2.76. The molecular weight excluding hydrogens is 230 g/mol. The minimum Gasteiger partial charge on any atom is -0.497 e. The van der Waals surface area contributed by atoms with E-state index in [1.165, 1.54) is 0 Å². The molecule has 0 spiro atoms. The van der Waals surface area contributed by atoms with Gasteiger partial charge in [-0.1, -0.05) is 13.8 Å². The number of nitrogens with one attached hydrogen (secondary N) is 1. The van der Waals surface area contributed by atoms with Gasteiger partial charge in [-0.2, -0.15) is 0 Å². The molecule has 0 aromatic heterocycles. The topological polar surface area (TPSA) is 50.7 Å².